The quantitative estimate of drug-likeness (QED) is 0.603. The number of piperazine rings is 1. The zero-order valence-corrected chi connectivity index (χ0v) is 20.9. The van der Waals surface area contributed by atoms with Crippen molar-refractivity contribution in [2.45, 2.75) is 0 Å². The van der Waals surface area contributed by atoms with Crippen LogP contribution in [0.25, 0.3) is 0 Å². The molecule has 0 radical (unpaired) electrons. The van der Waals surface area contributed by atoms with Crippen LogP contribution < -0.4 is 4.90 Å². The summed E-state index contributed by atoms with van der Waals surface area (Å²) in [4.78, 5) is 23.8. The molecule has 4 rings (SSSR count). The number of hydrogen-bond acceptors (Lipinski definition) is 4. The van der Waals surface area contributed by atoms with Gasteiger partial charge in [0.2, 0.25) is 5.91 Å². The van der Waals surface area contributed by atoms with Gasteiger partial charge in [0.15, 0.2) is 0 Å². The van der Waals surface area contributed by atoms with Gasteiger partial charge in [-0.05, 0) is 37.4 Å². The molecule has 2 aliphatic rings. The first kappa shape index (κ1) is 28.6. The van der Waals surface area contributed by atoms with Gasteiger partial charge in [0.05, 0.1) is 11.4 Å². The van der Waals surface area contributed by atoms with Gasteiger partial charge in [-0.1, -0.05) is 23.7 Å². The summed E-state index contributed by atoms with van der Waals surface area (Å²) in [7, 11) is 2.12. The van der Waals surface area contributed by atoms with Crippen molar-refractivity contribution in [3.05, 3.63) is 64.4 Å². The maximum atomic E-state index is 14.5. The fourth-order valence-electron chi connectivity index (χ4n) is 3.83. The summed E-state index contributed by atoms with van der Waals surface area (Å²) in [5.74, 6) is -0.454. The van der Waals surface area contributed by atoms with E-state index in [-0.39, 0.29) is 55.5 Å². The van der Waals surface area contributed by atoms with Crippen LogP contribution in [0.4, 0.5) is 10.1 Å². The van der Waals surface area contributed by atoms with Gasteiger partial charge >= 0.3 is 0 Å². The van der Waals surface area contributed by atoms with Crippen LogP contribution in [-0.2, 0) is 4.79 Å². The third-order valence-electron chi connectivity index (χ3n) is 5.54. The Morgan fingerprint density at radius 2 is 1.66 bits per heavy atom. The molecule has 0 spiro atoms. The maximum absolute atomic E-state index is 14.5. The van der Waals surface area contributed by atoms with E-state index < -0.39 is 0 Å². The molecule has 0 aliphatic carbocycles. The van der Waals surface area contributed by atoms with E-state index in [0.717, 1.165) is 38.4 Å². The van der Waals surface area contributed by atoms with Gasteiger partial charge < -0.3 is 9.80 Å². The van der Waals surface area contributed by atoms with Gasteiger partial charge in [-0.3, -0.25) is 14.7 Å². The number of hydrogen-bond donors (Lipinski definition) is 0. The van der Waals surface area contributed by atoms with Crippen molar-refractivity contribution in [1.82, 2.24) is 9.80 Å². The summed E-state index contributed by atoms with van der Waals surface area (Å²) in [5, 5.41) is 0.529. The zero-order chi connectivity index (χ0) is 20.4. The maximum Gasteiger partial charge on any atom is 0.248 e. The topological polar surface area (TPSA) is 39.1 Å². The molecule has 1 saturated heterocycles. The van der Waals surface area contributed by atoms with Crippen molar-refractivity contribution >= 4 is 66.1 Å². The van der Waals surface area contributed by atoms with Crippen molar-refractivity contribution in [2.24, 2.45) is 4.99 Å². The minimum Gasteiger partial charge on any atom is -0.309 e. The van der Waals surface area contributed by atoms with Gasteiger partial charge in [0, 0.05) is 55.4 Å². The number of aliphatic imine (C=N–C) groups is 1. The molecule has 1 amide bonds. The molecule has 0 aromatic heterocycles. The fourth-order valence-corrected chi connectivity index (χ4v) is 4.00. The molecular weight excluding hydrogens is 497 g/mol. The van der Waals surface area contributed by atoms with Crippen molar-refractivity contribution in [3.63, 3.8) is 0 Å². The first-order chi connectivity index (χ1) is 14.0. The summed E-state index contributed by atoms with van der Waals surface area (Å²) in [6, 6.07) is 11.9. The zero-order valence-electron chi connectivity index (χ0n) is 17.7. The number of nitrogens with zero attached hydrogens (tertiary/aromatic N) is 4. The summed E-state index contributed by atoms with van der Waals surface area (Å²) >= 11 is 6.25. The van der Waals surface area contributed by atoms with Crippen molar-refractivity contribution in [3.8, 4) is 0 Å². The minimum absolute atomic E-state index is 0. The molecule has 2 aromatic carbocycles. The Labute approximate surface area is 211 Å². The van der Waals surface area contributed by atoms with Crippen molar-refractivity contribution < 1.29 is 9.18 Å². The molecular formula is C22H27Cl4FN4O. The highest BCUT2D eigenvalue weighted by molar-refractivity contribution is 6.32. The van der Waals surface area contributed by atoms with Crippen LogP contribution >= 0.6 is 48.8 Å². The smallest absolute Gasteiger partial charge is 0.248 e. The first-order valence-corrected chi connectivity index (χ1v) is 10.2. The summed E-state index contributed by atoms with van der Waals surface area (Å²) in [6.45, 7) is 5.37. The average Bonchev–Trinajstić information content (AvgIpc) is 2.84. The van der Waals surface area contributed by atoms with E-state index in [1.165, 1.54) is 6.07 Å². The predicted octanol–water partition coefficient (Wildman–Crippen LogP) is 4.18. The Bertz CT molecular complexity index is 951. The third kappa shape index (κ3) is 6.34. The van der Waals surface area contributed by atoms with Crippen LogP contribution in [0.2, 0.25) is 5.02 Å². The van der Waals surface area contributed by atoms with Crippen LogP contribution in [0, 0.1) is 5.82 Å². The molecule has 10 heteroatoms. The van der Waals surface area contributed by atoms with Gasteiger partial charge in [-0.15, -0.1) is 37.2 Å². The molecule has 0 atom stereocenters. The highest BCUT2D eigenvalue weighted by atomic mass is 35.5. The number of fused-ring (bicyclic) bond motifs is 1. The Balaban J connectivity index is 0.00000171. The molecule has 2 aromatic rings. The normalized spacial score (nSPS) is 16.7. The molecule has 0 bridgehead atoms. The third-order valence-corrected chi connectivity index (χ3v) is 5.78. The summed E-state index contributed by atoms with van der Waals surface area (Å²) in [5.41, 5.74) is 2.26. The summed E-state index contributed by atoms with van der Waals surface area (Å²) in [6.07, 6.45) is 0. The van der Waals surface area contributed by atoms with E-state index in [4.69, 9.17) is 11.6 Å². The van der Waals surface area contributed by atoms with Crippen LogP contribution in [-0.4, -0.2) is 74.3 Å². The number of anilines is 1. The van der Waals surface area contributed by atoms with E-state index in [9.17, 15) is 9.18 Å². The standard InChI is InChI=1S/C22H24ClFN4O.3ClH/c1-26-8-10-27(11-9-26)12-13-28-20-7-6-16(23)14-18(20)22(25-15-21(28)29)17-4-2-3-5-19(17)24;;;/h2-7,14H,8-13,15H2,1H3;3*1H. The van der Waals surface area contributed by atoms with E-state index in [1.807, 2.05) is 6.07 Å². The van der Waals surface area contributed by atoms with Gasteiger partial charge in [0.1, 0.15) is 12.4 Å². The fraction of sp³-hybridized carbons (Fsp3) is 0.364. The minimum atomic E-state index is -0.365. The Morgan fingerprint density at radius 3 is 2.34 bits per heavy atom. The highest BCUT2D eigenvalue weighted by Crippen LogP contribution is 2.30. The molecule has 5 nitrogen and oxygen atoms in total. The van der Waals surface area contributed by atoms with Gasteiger partial charge in [-0.2, -0.15) is 0 Å². The number of amides is 1. The first-order valence-electron chi connectivity index (χ1n) is 9.83. The highest BCUT2D eigenvalue weighted by Gasteiger charge is 2.27. The van der Waals surface area contributed by atoms with Gasteiger partial charge in [-0.25, -0.2) is 4.39 Å². The number of likely N-dealkylation sites (N-methyl/N-ethyl adjacent to an activating group) is 1. The van der Waals surface area contributed by atoms with E-state index in [2.05, 4.69) is 21.8 Å². The Kier molecular flexibility index (Phi) is 11.4. The van der Waals surface area contributed by atoms with Crippen LogP contribution in [0.5, 0.6) is 0 Å². The lowest BCUT2D eigenvalue weighted by Crippen LogP contribution is -2.48. The second-order valence-electron chi connectivity index (χ2n) is 7.50. The second-order valence-corrected chi connectivity index (χ2v) is 7.93. The predicted molar refractivity (Wildman–Crippen MR) is 136 cm³/mol. The van der Waals surface area contributed by atoms with Crippen LogP contribution in [0.1, 0.15) is 11.1 Å². The number of carbonyl (C=O) groups is 1. The lowest BCUT2D eigenvalue weighted by atomic mass is 9.99. The molecule has 176 valence electrons. The average molecular weight is 524 g/mol. The lowest BCUT2D eigenvalue weighted by molar-refractivity contribution is -0.117. The number of rotatable bonds is 4. The molecule has 0 N–H and O–H groups in total. The van der Waals surface area contributed by atoms with Gasteiger partial charge in [0.25, 0.3) is 0 Å². The van der Waals surface area contributed by atoms with Crippen LogP contribution in [0.3, 0.4) is 0 Å². The Hall–Kier alpha value is -1.41. The summed E-state index contributed by atoms with van der Waals surface area (Å²) < 4.78 is 14.5. The van der Waals surface area contributed by atoms with E-state index >= 15 is 0 Å². The lowest BCUT2D eigenvalue weighted by Gasteiger charge is -2.34. The SMILES string of the molecule is CN1CCN(CCN2C(=O)CN=C(c3ccccc3F)c3cc(Cl)ccc32)CC1.Cl.Cl.Cl. The monoisotopic (exact) mass is 522 g/mol. The van der Waals surface area contributed by atoms with Crippen LogP contribution in [0.15, 0.2) is 47.5 Å². The number of halogens is 5. The molecule has 32 heavy (non-hydrogen) atoms. The second kappa shape index (κ2) is 12.7. The number of benzodiazepines with no additional fused rings is 1. The Morgan fingerprint density at radius 1 is 0.969 bits per heavy atom. The van der Waals surface area contributed by atoms with Crippen molar-refractivity contribution in [2.75, 3.05) is 57.8 Å². The molecule has 2 aliphatic heterocycles. The van der Waals surface area contributed by atoms with Crippen molar-refractivity contribution in [1.29, 1.82) is 0 Å². The molecule has 0 saturated carbocycles. The molecule has 0 unspecified atom stereocenters. The molecule has 1 fully saturated rings. The number of carbonyl (C=O) groups excluding carboxylic acids is 1. The largest absolute Gasteiger partial charge is 0.309 e. The van der Waals surface area contributed by atoms with E-state index in [0.29, 0.717) is 28.4 Å². The van der Waals surface area contributed by atoms with E-state index in [1.54, 1.807) is 35.2 Å². The number of benzene rings is 2. The molecule has 2 heterocycles.